The van der Waals surface area contributed by atoms with E-state index >= 15 is 0 Å². The number of likely N-dealkylation sites (N-methyl/N-ethyl adjacent to an activating group) is 3. The maximum absolute atomic E-state index is 13.2. The van der Waals surface area contributed by atoms with Crippen LogP contribution in [0.2, 0.25) is 20.4 Å². The van der Waals surface area contributed by atoms with Crippen molar-refractivity contribution in [3.63, 3.8) is 0 Å². The zero-order valence-corrected chi connectivity index (χ0v) is 78.8. The third-order valence-electron chi connectivity index (χ3n) is 20.5. The second-order valence-corrected chi connectivity index (χ2v) is 37.6. The zero-order chi connectivity index (χ0) is 91.0. The fraction of sp³-hybridized carbons (Fsp3) is 0.380. The monoisotopic (exact) mass is 1840 g/mol. The van der Waals surface area contributed by atoms with Crippen molar-refractivity contribution in [1.29, 1.82) is 0 Å². The molecule has 6 aromatic heterocycles. The first kappa shape index (κ1) is 94.8. The standard InChI is InChI=1S/C31H34ClN5O4S.C30H32ClN5O4S.C25H23Cl2N3O3S.C6H12N2O/c1-7-36-14-15-37(17-23(36)38)30-33-13-12-21(35-30)28-34-22-16-18(2)24(26(29(39)40-6)41-31(3,4)5)25(27(22)42-28)19-8-10-20(32)11-9-19;1-6-35-13-14-36(16-22(35)37)29-32-12-11-20(34-29)27-33-21-15-17(2)23(25(28(38)39)40-30(3,4)5)24(26(21)41-27)18-7-9-19(31)10-8-18;1-13-12-17-21(34-22(29-17)16-10-11-28-24(27)30-16)19(14-6-8-15(26)9-7-14)18(13)20(23(31)32-5)33-25(2,3)4;1-2-8-4-3-7-5-6(8)9/h8-13,16,26H,7,14-15,17H2,1-6H3;7-12,15,25H,6,13-14,16H2,1-5H3,(H,38,39);6-12,20H,1-5H3;7H,2-5H2,1H3/t26-;25-;20-;/m000./s1. The van der Waals surface area contributed by atoms with E-state index in [-0.39, 0.29) is 36.1 Å². The van der Waals surface area contributed by atoms with Gasteiger partial charge in [-0.2, -0.15) is 0 Å². The Hall–Kier alpha value is -10.4. The van der Waals surface area contributed by atoms with Crippen molar-refractivity contribution in [2.24, 2.45) is 0 Å². The number of carboxylic acids is 1. The molecule has 27 nitrogen and oxygen atoms in total. The first-order valence-corrected chi connectivity index (χ1v) is 45.0. The lowest BCUT2D eigenvalue weighted by Gasteiger charge is -2.33. The Morgan fingerprint density at radius 2 is 0.770 bits per heavy atom. The van der Waals surface area contributed by atoms with Crippen molar-refractivity contribution >= 4 is 159 Å². The largest absolute Gasteiger partial charge is 0.479 e. The molecule has 3 amide bonds. The minimum atomic E-state index is -1.19. The van der Waals surface area contributed by atoms with Crippen molar-refractivity contribution in [2.75, 3.05) is 103 Å². The van der Waals surface area contributed by atoms with Crippen LogP contribution < -0.4 is 15.1 Å². The van der Waals surface area contributed by atoms with Gasteiger partial charge in [-0.3, -0.25) is 14.4 Å². The van der Waals surface area contributed by atoms with Crippen molar-refractivity contribution < 1.29 is 57.6 Å². The van der Waals surface area contributed by atoms with Crippen molar-refractivity contribution in [3.05, 3.63) is 182 Å². The molecule has 3 saturated heterocycles. The van der Waals surface area contributed by atoms with Crippen LogP contribution in [0.1, 0.15) is 135 Å². The highest BCUT2D eigenvalue weighted by atomic mass is 35.5. The first-order valence-electron chi connectivity index (χ1n) is 41.1. The molecule has 0 unspecified atom stereocenters. The molecule has 9 heterocycles. The van der Waals surface area contributed by atoms with E-state index in [4.69, 9.17) is 95.0 Å². The predicted octanol–water partition coefficient (Wildman–Crippen LogP) is 18.6. The van der Waals surface area contributed by atoms with Gasteiger partial charge >= 0.3 is 17.9 Å². The van der Waals surface area contributed by atoms with Crippen LogP contribution in [-0.4, -0.2) is 210 Å². The van der Waals surface area contributed by atoms with E-state index in [1.54, 1.807) is 42.9 Å². The molecule has 34 heteroatoms. The molecule has 0 radical (unpaired) electrons. The molecular formula is C92H101Cl4N15O12S3. The van der Waals surface area contributed by atoms with Crippen LogP contribution in [0.3, 0.4) is 0 Å². The Kier molecular flexibility index (Phi) is 30.6. The number of halogens is 4. The van der Waals surface area contributed by atoms with E-state index < -0.39 is 53.0 Å². The number of benzene rings is 6. The number of aliphatic carboxylic acids is 1. The van der Waals surface area contributed by atoms with Crippen LogP contribution in [0.4, 0.5) is 11.9 Å². The summed E-state index contributed by atoms with van der Waals surface area (Å²) in [7, 11) is 2.73. The zero-order valence-electron chi connectivity index (χ0n) is 73.3. The Balaban J connectivity index is 0.000000164. The molecule has 2 N–H and O–H groups in total. The fourth-order valence-electron chi connectivity index (χ4n) is 14.7. The van der Waals surface area contributed by atoms with Gasteiger partial charge in [-0.1, -0.05) is 71.2 Å². The number of carbonyl (C=O) groups excluding carboxylic acids is 5. The molecule has 0 bridgehead atoms. The Morgan fingerprint density at radius 3 is 1.07 bits per heavy atom. The normalized spacial score (nSPS) is 14.7. The predicted molar refractivity (Wildman–Crippen MR) is 499 cm³/mol. The summed E-state index contributed by atoms with van der Waals surface area (Å²) in [4.78, 5) is 125. The molecule has 662 valence electrons. The lowest BCUT2D eigenvalue weighted by atomic mass is 9.91. The average Bonchev–Trinajstić information content (AvgIpc) is 1.57. The molecule has 15 rings (SSSR count). The van der Waals surface area contributed by atoms with Crippen LogP contribution in [-0.2, 0) is 52.5 Å². The third-order valence-corrected chi connectivity index (χ3v) is 24.8. The summed E-state index contributed by atoms with van der Waals surface area (Å²) in [5, 5.41) is 17.3. The second kappa shape index (κ2) is 40.7. The number of hydrogen-bond acceptors (Lipinski definition) is 26. The molecule has 12 aromatic rings. The smallest absolute Gasteiger partial charge is 0.339 e. The minimum absolute atomic E-state index is 0.0498. The highest BCUT2D eigenvalue weighted by molar-refractivity contribution is 7.23. The van der Waals surface area contributed by atoms with Gasteiger partial charge in [0.15, 0.2) is 18.3 Å². The number of piperazine rings is 3. The van der Waals surface area contributed by atoms with E-state index in [1.807, 2.05) is 213 Å². The van der Waals surface area contributed by atoms with Crippen molar-refractivity contribution in [3.8, 4) is 65.5 Å². The number of thiazole rings is 3. The highest BCUT2D eigenvalue weighted by Gasteiger charge is 2.38. The number of hydrogen-bond donors (Lipinski definition) is 2. The number of carbonyl (C=O) groups is 6. The molecule has 0 aliphatic carbocycles. The van der Waals surface area contributed by atoms with E-state index in [2.05, 4.69) is 25.3 Å². The summed E-state index contributed by atoms with van der Waals surface area (Å²) < 4.78 is 31.6. The van der Waals surface area contributed by atoms with E-state index in [9.17, 15) is 33.9 Å². The summed E-state index contributed by atoms with van der Waals surface area (Å²) >= 11 is 29.0. The molecule has 126 heavy (non-hydrogen) atoms. The minimum Gasteiger partial charge on any atom is -0.479 e. The molecule has 3 atom stereocenters. The molecular weight excluding hydrogens is 1750 g/mol. The van der Waals surface area contributed by atoms with Gasteiger partial charge in [-0.05, 0) is 222 Å². The Morgan fingerprint density at radius 1 is 0.444 bits per heavy atom. The van der Waals surface area contributed by atoms with Gasteiger partial charge in [-0.25, -0.2) is 59.2 Å². The first-order chi connectivity index (χ1) is 59.8. The number of rotatable bonds is 20. The topological polar surface area (TPSA) is 313 Å². The van der Waals surface area contributed by atoms with Crippen LogP contribution in [0.15, 0.2) is 128 Å². The van der Waals surface area contributed by atoms with Gasteiger partial charge in [-0.15, -0.1) is 34.0 Å². The number of aromatic nitrogens is 9. The summed E-state index contributed by atoms with van der Waals surface area (Å²) in [5.41, 5.74) is 11.8. The third kappa shape index (κ3) is 22.8. The fourth-order valence-corrected chi connectivity index (χ4v) is 18.6. The van der Waals surface area contributed by atoms with Crippen LogP contribution >= 0.6 is 80.4 Å². The number of nitrogens with one attached hydrogen (secondary N) is 1. The molecule has 0 spiro atoms. The average molecular weight is 1850 g/mol. The number of nitrogens with zero attached hydrogens (tertiary/aromatic N) is 14. The van der Waals surface area contributed by atoms with Gasteiger partial charge in [0.25, 0.3) is 0 Å². The molecule has 3 fully saturated rings. The van der Waals surface area contributed by atoms with Gasteiger partial charge in [0, 0.05) is 126 Å². The molecule has 0 saturated carbocycles. The number of methoxy groups -OCH3 is 2. The number of esters is 2. The Labute approximate surface area is 764 Å². The maximum Gasteiger partial charge on any atom is 0.339 e. The Bertz CT molecular complexity index is 6000. The lowest BCUT2D eigenvalue weighted by molar-refractivity contribution is -0.164. The summed E-state index contributed by atoms with van der Waals surface area (Å²) in [5.74, 6) is -0.713. The SMILES string of the molecule is CCN1CCN(c2nccc(-c3nc4cc(C)c([C@H](OC(C)(C)C)C(=O)O)c(-c5ccc(Cl)cc5)c4s3)n2)CC1=O.CCN1CCN(c2nccc(-c3nc4cc(C)c([C@H](OC(C)(C)C)C(=O)OC)c(-c5ccc(Cl)cc5)c4s3)n2)CC1=O.CCN1CCNCC1=O.COC(=O)[C@@H](OC(C)(C)C)c1c(C)cc2nc(-c3ccnc(Cl)n3)sc2c1-c1ccc(Cl)cc1. The second-order valence-electron chi connectivity index (χ2n) is 32.9. The number of carboxylic acid groups (broad SMARTS) is 1. The molecule has 6 aromatic carbocycles. The van der Waals surface area contributed by atoms with Gasteiger partial charge < -0.3 is 58.6 Å². The quantitative estimate of drug-likeness (QED) is 0.0529. The van der Waals surface area contributed by atoms with E-state index in [0.717, 1.165) is 111 Å². The summed E-state index contributed by atoms with van der Waals surface area (Å²) in [6.45, 7) is 36.3. The number of anilines is 2. The van der Waals surface area contributed by atoms with Crippen LogP contribution in [0.25, 0.3) is 96.1 Å². The van der Waals surface area contributed by atoms with Crippen molar-refractivity contribution in [1.82, 2.24) is 64.9 Å². The molecule has 3 aliphatic heterocycles. The number of fused-ring (bicyclic) bond motifs is 3. The number of amides is 3. The summed E-state index contributed by atoms with van der Waals surface area (Å²) in [6, 6.07) is 33.5. The maximum atomic E-state index is 13.2. The van der Waals surface area contributed by atoms with Gasteiger partial charge in [0.05, 0.1) is 81.3 Å². The number of aryl methyl sites for hydroxylation is 3. The van der Waals surface area contributed by atoms with Crippen LogP contribution in [0, 0.1) is 20.8 Å². The lowest BCUT2D eigenvalue weighted by Crippen LogP contribution is -2.50. The van der Waals surface area contributed by atoms with E-state index in [0.29, 0.717) is 110 Å². The van der Waals surface area contributed by atoms with E-state index in [1.165, 1.54) is 48.2 Å². The van der Waals surface area contributed by atoms with Gasteiger partial charge in [0.1, 0.15) is 32.1 Å². The number of ether oxygens (including phenoxy) is 5. The van der Waals surface area contributed by atoms with Crippen LogP contribution in [0.5, 0.6) is 0 Å². The van der Waals surface area contributed by atoms with Gasteiger partial charge in [0.2, 0.25) is 34.9 Å². The highest BCUT2D eigenvalue weighted by Crippen LogP contribution is 2.49. The molecule has 3 aliphatic rings. The van der Waals surface area contributed by atoms with Crippen molar-refractivity contribution in [2.45, 2.75) is 139 Å². The summed E-state index contributed by atoms with van der Waals surface area (Å²) in [6.07, 6.45) is 1.88.